The van der Waals surface area contributed by atoms with E-state index in [-0.39, 0.29) is 38.6 Å². The normalized spacial score (nSPS) is 12.1. The van der Waals surface area contributed by atoms with Gasteiger partial charge in [0.05, 0.1) is 5.56 Å². The van der Waals surface area contributed by atoms with Crippen molar-refractivity contribution in [3.05, 3.63) is 72.3 Å². The fraction of sp³-hybridized carbons (Fsp3) is 0. The van der Waals surface area contributed by atoms with E-state index >= 15 is 0 Å². The molecule has 3 heteroatoms. The molecule has 19 heavy (non-hydrogen) atoms. The third-order valence-corrected chi connectivity index (χ3v) is 2.93. The van der Waals surface area contributed by atoms with Crippen LogP contribution in [0.3, 0.4) is 0 Å². The van der Waals surface area contributed by atoms with Crippen LogP contribution in [0.5, 0.6) is 0 Å². The minimum atomic E-state index is -0.132. The summed E-state index contributed by atoms with van der Waals surface area (Å²) >= 11 is 0. The number of carbonyl (C=O) groups excluding carboxylic acids is 1. The van der Waals surface area contributed by atoms with Gasteiger partial charge in [-0.05, 0) is 24.3 Å². The Kier molecular flexibility index (Phi) is 4.19. The zero-order chi connectivity index (χ0) is 12.5. The molecule has 0 aromatic heterocycles. The second-order valence-corrected chi connectivity index (χ2v) is 4.05. The van der Waals surface area contributed by atoms with Crippen LogP contribution in [0, 0.1) is 18.9 Å². The van der Waals surface area contributed by atoms with Crippen LogP contribution in [-0.2, 0) is 32.7 Å². The first-order valence-electron chi connectivity index (χ1n) is 5.62. The Bertz CT molecular complexity index is 697. The van der Waals surface area contributed by atoms with Gasteiger partial charge >= 0.3 is 0 Å². The standard InChI is InChI=1S/C16H10NO.Y/c1-17-15-9-5-3-7-13(15)11-10-12-6-2-4-8-14(12)16(17)18;/h2-9H,1H2;/q-1;. The zero-order valence-electron chi connectivity index (χ0n) is 10.3. The summed E-state index contributed by atoms with van der Waals surface area (Å²) in [6, 6.07) is 14.9. The van der Waals surface area contributed by atoms with Gasteiger partial charge in [0, 0.05) is 49.5 Å². The van der Waals surface area contributed by atoms with Gasteiger partial charge in [-0.2, -0.15) is 0 Å². The summed E-state index contributed by atoms with van der Waals surface area (Å²) in [7, 11) is 3.84. The van der Waals surface area contributed by atoms with Gasteiger partial charge in [-0.3, -0.25) is 4.79 Å². The van der Waals surface area contributed by atoms with Crippen molar-refractivity contribution < 1.29 is 37.5 Å². The SMILES string of the molecule is [CH2-]N1C(=O)c2ccccc2C#Cc2ccccc21.[Y]. The van der Waals surface area contributed by atoms with E-state index in [1.54, 1.807) is 6.07 Å². The molecule has 2 aromatic carbocycles. The Balaban J connectivity index is 0.00000133. The maximum atomic E-state index is 12.3. The molecule has 2 aromatic rings. The third-order valence-electron chi connectivity index (χ3n) is 2.93. The second kappa shape index (κ2) is 5.69. The fourth-order valence-electron chi connectivity index (χ4n) is 1.98. The topological polar surface area (TPSA) is 20.3 Å². The van der Waals surface area contributed by atoms with Crippen LogP contribution >= 0.6 is 0 Å². The number of nitrogens with zero attached hydrogens (tertiary/aromatic N) is 1. The van der Waals surface area contributed by atoms with Crippen LogP contribution in [0.1, 0.15) is 21.5 Å². The van der Waals surface area contributed by atoms with Crippen molar-refractivity contribution in [2.24, 2.45) is 0 Å². The number of rotatable bonds is 0. The molecule has 0 saturated carbocycles. The molecule has 89 valence electrons. The zero-order valence-corrected chi connectivity index (χ0v) is 13.1. The molecule has 0 bridgehead atoms. The first-order valence-corrected chi connectivity index (χ1v) is 5.62. The Morgan fingerprint density at radius 1 is 0.895 bits per heavy atom. The number of amides is 1. The van der Waals surface area contributed by atoms with Gasteiger partial charge in [0.25, 0.3) is 0 Å². The Morgan fingerprint density at radius 3 is 2.26 bits per heavy atom. The third kappa shape index (κ3) is 2.49. The van der Waals surface area contributed by atoms with Crippen LogP contribution in [0.15, 0.2) is 48.5 Å². The summed E-state index contributed by atoms with van der Waals surface area (Å²) in [4.78, 5) is 13.8. The maximum absolute atomic E-state index is 12.3. The van der Waals surface area contributed by atoms with E-state index in [9.17, 15) is 4.79 Å². The van der Waals surface area contributed by atoms with E-state index in [0.717, 1.165) is 16.8 Å². The van der Waals surface area contributed by atoms with Gasteiger partial charge in [0.2, 0.25) is 5.91 Å². The largest absolute Gasteiger partial charge is 0.462 e. The minimum absolute atomic E-state index is 0. The summed E-state index contributed by atoms with van der Waals surface area (Å²) in [6.07, 6.45) is 0. The fourth-order valence-corrected chi connectivity index (χ4v) is 1.98. The van der Waals surface area contributed by atoms with Gasteiger partial charge in [0.1, 0.15) is 0 Å². The van der Waals surface area contributed by atoms with Crippen LogP contribution in [0.25, 0.3) is 0 Å². The molecule has 1 radical (unpaired) electrons. The number of anilines is 1. The molecule has 1 heterocycles. The van der Waals surface area contributed by atoms with Gasteiger partial charge in [-0.1, -0.05) is 36.1 Å². The van der Waals surface area contributed by atoms with E-state index in [0.29, 0.717) is 5.56 Å². The smallest absolute Gasteiger partial charge is 0.230 e. The molecule has 0 unspecified atom stereocenters. The molecular weight excluding hydrogens is 311 g/mol. The van der Waals surface area contributed by atoms with Gasteiger partial charge in [0.15, 0.2) is 0 Å². The predicted molar refractivity (Wildman–Crippen MR) is 71.0 cm³/mol. The molecule has 2 nitrogen and oxygen atoms in total. The molecule has 1 aliphatic heterocycles. The number of carbonyl (C=O) groups is 1. The summed E-state index contributed by atoms with van der Waals surface area (Å²) in [5.41, 5.74) is 2.89. The van der Waals surface area contributed by atoms with Crippen molar-refractivity contribution in [3.63, 3.8) is 0 Å². The molecule has 0 atom stereocenters. The Hall–Kier alpha value is -1.43. The van der Waals surface area contributed by atoms with E-state index in [4.69, 9.17) is 0 Å². The first kappa shape index (κ1) is 14.0. The summed E-state index contributed by atoms with van der Waals surface area (Å²) in [5.74, 6) is 6.00. The summed E-state index contributed by atoms with van der Waals surface area (Å²) in [5, 5.41) is 0. The molecule has 0 N–H and O–H groups in total. The average Bonchev–Trinajstić information content (AvgIpc) is 2.43. The van der Waals surface area contributed by atoms with Crippen molar-refractivity contribution in [1.29, 1.82) is 0 Å². The maximum Gasteiger partial charge on any atom is 0.230 e. The van der Waals surface area contributed by atoms with E-state index in [1.807, 2.05) is 42.5 Å². The number of para-hydroxylation sites is 1. The molecule has 0 saturated heterocycles. The first-order chi connectivity index (χ1) is 8.77. The molecule has 0 fully saturated rings. The van der Waals surface area contributed by atoms with Crippen molar-refractivity contribution >= 4 is 11.6 Å². The van der Waals surface area contributed by atoms with E-state index < -0.39 is 0 Å². The molecule has 1 aliphatic rings. The van der Waals surface area contributed by atoms with E-state index in [2.05, 4.69) is 18.9 Å². The van der Waals surface area contributed by atoms with Crippen molar-refractivity contribution in [2.45, 2.75) is 0 Å². The number of hydrogen-bond acceptors (Lipinski definition) is 1. The van der Waals surface area contributed by atoms with Crippen LogP contribution in [0.4, 0.5) is 5.69 Å². The van der Waals surface area contributed by atoms with Gasteiger partial charge in [-0.25, -0.2) is 7.05 Å². The Labute approximate surface area is 137 Å². The van der Waals surface area contributed by atoms with Crippen molar-refractivity contribution in [2.75, 3.05) is 4.90 Å². The monoisotopic (exact) mass is 321 g/mol. The second-order valence-electron chi connectivity index (χ2n) is 4.05. The number of fused-ring (bicyclic) bond motifs is 2. The predicted octanol–water partition coefficient (Wildman–Crippen LogP) is 2.84. The van der Waals surface area contributed by atoms with Crippen LogP contribution < -0.4 is 4.90 Å². The number of hydrogen-bond donors (Lipinski definition) is 0. The summed E-state index contributed by atoms with van der Waals surface area (Å²) in [6.45, 7) is 0. The molecule has 0 aliphatic carbocycles. The number of benzene rings is 2. The van der Waals surface area contributed by atoms with Gasteiger partial charge < -0.3 is 4.90 Å². The van der Waals surface area contributed by atoms with Gasteiger partial charge in [-0.15, -0.1) is 0 Å². The Morgan fingerprint density at radius 2 is 1.47 bits per heavy atom. The molecule has 1 amide bonds. The minimum Gasteiger partial charge on any atom is -0.462 e. The summed E-state index contributed by atoms with van der Waals surface area (Å²) < 4.78 is 0. The van der Waals surface area contributed by atoms with Crippen LogP contribution in [-0.4, -0.2) is 5.91 Å². The molecule has 0 spiro atoms. The van der Waals surface area contributed by atoms with E-state index in [1.165, 1.54) is 4.90 Å². The van der Waals surface area contributed by atoms with Crippen LogP contribution in [0.2, 0.25) is 0 Å². The average molecular weight is 321 g/mol. The van der Waals surface area contributed by atoms with Crippen molar-refractivity contribution in [1.82, 2.24) is 0 Å². The molecular formula is C16H10NOY-. The molecule has 3 rings (SSSR count). The quantitative estimate of drug-likeness (QED) is 0.540. The van der Waals surface area contributed by atoms with Crippen molar-refractivity contribution in [3.8, 4) is 11.8 Å².